The molecule has 0 saturated carbocycles. The van der Waals surface area contributed by atoms with Gasteiger partial charge in [0.25, 0.3) is 0 Å². The normalized spacial score (nSPS) is 16.9. The number of nitrogens with zero attached hydrogens (tertiary/aromatic N) is 2. The van der Waals surface area contributed by atoms with Crippen LogP contribution in [0.5, 0.6) is 5.75 Å². The smallest absolute Gasteiger partial charge is 0.118 e. The number of rotatable bonds is 6. The van der Waals surface area contributed by atoms with Gasteiger partial charge in [-0.15, -0.1) is 0 Å². The van der Waals surface area contributed by atoms with Crippen molar-refractivity contribution in [2.75, 3.05) is 26.8 Å². The summed E-state index contributed by atoms with van der Waals surface area (Å²) in [5.74, 6) is 0.877. The van der Waals surface area contributed by atoms with E-state index in [1.54, 1.807) is 7.11 Å². The summed E-state index contributed by atoms with van der Waals surface area (Å²) in [6.45, 7) is 3.22. The van der Waals surface area contributed by atoms with Gasteiger partial charge in [0.2, 0.25) is 0 Å². The first-order valence-corrected chi connectivity index (χ1v) is 9.99. The van der Waals surface area contributed by atoms with E-state index in [9.17, 15) is 5.11 Å². The van der Waals surface area contributed by atoms with Crippen molar-refractivity contribution in [3.8, 4) is 5.75 Å². The number of methoxy groups -OCH3 is 1. The fraction of sp³-hybridized carbons (Fsp3) is 0.375. The van der Waals surface area contributed by atoms with E-state index in [0.29, 0.717) is 0 Å². The molecule has 1 fully saturated rings. The SMILES string of the molecule is COc1ccc(CC2(CO)CCN(Cc3cccc4cnccc34)CC2)cc1. The van der Waals surface area contributed by atoms with E-state index in [-0.39, 0.29) is 12.0 Å². The highest BCUT2D eigenvalue weighted by atomic mass is 16.5. The molecule has 0 atom stereocenters. The molecular formula is C24H28N2O2. The first-order valence-electron chi connectivity index (χ1n) is 9.99. The topological polar surface area (TPSA) is 45.6 Å². The Morgan fingerprint density at radius 3 is 2.57 bits per heavy atom. The fourth-order valence-corrected chi connectivity index (χ4v) is 4.32. The Labute approximate surface area is 166 Å². The molecule has 4 heteroatoms. The quantitative estimate of drug-likeness (QED) is 0.705. The van der Waals surface area contributed by atoms with Crippen LogP contribution in [0.25, 0.3) is 10.8 Å². The molecule has 0 aliphatic carbocycles. The number of aliphatic hydroxyl groups excluding tert-OH is 1. The third-order valence-corrected chi connectivity index (χ3v) is 6.16. The van der Waals surface area contributed by atoms with Gasteiger partial charge in [-0.1, -0.05) is 30.3 Å². The minimum atomic E-state index is -0.0201. The number of pyridine rings is 1. The summed E-state index contributed by atoms with van der Waals surface area (Å²) in [6.07, 6.45) is 6.75. The highest BCUT2D eigenvalue weighted by Crippen LogP contribution is 2.36. The Kier molecular flexibility index (Phi) is 5.60. The molecular weight excluding hydrogens is 348 g/mol. The highest BCUT2D eigenvalue weighted by molar-refractivity contribution is 5.84. The van der Waals surface area contributed by atoms with E-state index in [4.69, 9.17) is 4.74 Å². The predicted octanol–water partition coefficient (Wildman–Crippen LogP) is 4.06. The summed E-state index contributed by atoms with van der Waals surface area (Å²) in [7, 11) is 1.69. The van der Waals surface area contributed by atoms with Gasteiger partial charge in [-0.25, -0.2) is 0 Å². The molecule has 3 aromatic rings. The van der Waals surface area contributed by atoms with E-state index in [2.05, 4.69) is 46.3 Å². The lowest BCUT2D eigenvalue weighted by Crippen LogP contribution is -2.42. The summed E-state index contributed by atoms with van der Waals surface area (Å²) in [5, 5.41) is 12.7. The molecule has 146 valence electrons. The Hall–Kier alpha value is -2.43. The summed E-state index contributed by atoms with van der Waals surface area (Å²) in [6, 6.07) is 16.8. The van der Waals surface area contributed by atoms with E-state index in [0.717, 1.165) is 44.6 Å². The average Bonchev–Trinajstić information content (AvgIpc) is 2.76. The van der Waals surface area contributed by atoms with Gasteiger partial charge in [-0.05, 0) is 72.5 Å². The Bertz CT molecular complexity index is 910. The minimum absolute atomic E-state index is 0.0201. The van der Waals surface area contributed by atoms with Crippen molar-refractivity contribution in [3.05, 3.63) is 72.1 Å². The van der Waals surface area contributed by atoms with Gasteiger partial charge < -0.3 is 9.84 Å². The lowest BCUT2D eigenvalue weighted by Gasteiger charge is -2.41. The van der Waals surface area contributed by atoms with Crippen LogP contribution in [0.15, 0.2) is 60.9 Å². The van der Waals surface area contributed by atoms with Crippen molar-refractivity contribution < 1.29 is 9.84 Å². The number of hydrogen-bond acceptors (Lipinski definition) is 4. The molecule has 4 nitrogen and oxygen atoms in total. The molecule has 0 bridgehead atoms. The maximum Gasteiger partial charge on any atom is 0.118 e. The number of aromatic nitrogens is 1. The zero-order chi connectivity index (χ0) is 19.4. The van der Waals surface area contributed by atoms with Gasteiger partial charge in [0, 0.05) is 30.9 Å². The zero-order valence-corrected chi connectivity index (χ0v) is 16.5. The number of fused-ring (bicyclic) bond motifs is 1. The first kappa shape index (κ1) is 18.9. The van der Waals surface area contributed by atoms with Crippen molar-refractivity contribution in [3.63, 3.8) is 0 Å². The van der Waals surface area contributed by atoms with E-state index in [1.807, 2.05) is 24.5 Å². The molecule has 1 N–H and O–H groups in total. The van der Waals surface area contributed by atoms with Gasteiger partial charge in [-0.3, -0.25) is 9.88 Å². The van der Waals surface area contributed by atoms with Crippen LogP contribution < -0.4 is 4.74 Å². The predicted molar refractivity (Wildman–Crippen MR) is 112 cm³/mol. The Balaban J connectivity index is 1.42. The number of piperidine rings is 1. The number of benzene rings is 2. The van der Waals surface area contributed by atoms with Gasteiger partial charge >= 0.3 is 0 Å². The van der Waals surface area contributed by atoms with Crippen LogP contribution in [0.4, 0.5) is 0 Å². The monoisotopic (exact) mass is 376 g/mol. The van der Waals surface area contributed by atoms with Crippen LogP contribution in [0.3, 0.4) is 0 Å². The Morgan fingerprint density at radius 1 is 1.07 bits per heavy atom. The summed E-state index contributed by atoms with van der Waals surface area (Å²) < 4.78 is 5.25. The largest absolute Gasteiger partial charge is 0.497 e. The van der Waals surface area contributed by atoms with Crippen molar-refractivity contribution >= 4 is 10.8 Å². The first-order chi connectivity index (χ1) is 13.7. The highest BCUT2D eigenvalue weighted by Gasteiger charge is 2.34. The van der Waals surface area contributed by atoms with E-state index < -0.39 is 0 Å². The van der Waals surface area contributed by atoms with Crippen molar-refractivity contribution in [1.29, 1.82) is 0 Å². The zero-order valence-electron chi connectivity index (χ0n) is 16.5. The molecule has 0 spiro atoms. The summed E-state index contributed by atoms with van der Waals surface area (Å²) >= 11 is 0. The number of aliphatic hydroxyl groups is 1. The van der Waals surface area contributed by atoms with Crippen LogP contribution in [-0.4, -0.2) is 41.8 Å². The molecule has 1 aliphatic heterocycles. The number of ether oxygens (including phenoxy) is 1. The second kappa shape index (κ2) is 8.29. The van der Waals surface area contributed by atoms with Gasteiger partial charge in [0.05, 0.1) is 7.11 Å². The lowest BCUT2D eigenvalue weighted by molar-refractivity contribution is 0.0415. The Morgan fingerprint density at radius 2 is 1.86 bits per heavy atom. The van der Waals surface area contributed by atoms with Crippen LogP contribution in [0.1, 0.15) is 24.0 Å². The standard InChI is InChI=1S/C24H28N2O2/c1-28-22-7-5-19(6-8-22)15-24(18-27)10-13-26(14-11-24)17-21-4-2-3-20-16-25-12-9-23(20)21/h2-9,12,16,27H,10-11,13-15,17-18H2,1H3. The second-order valence-electron chi connectivity index (χ2n) is 7.97. The molecule has 4 rings (SSSR count). The molecule has 1 aliphatic rings. The molecule has 1 aromatic heterocycles. The molecule has 28 heavy (non-hydrogen) atoms. The third-order valence-electron chi connectivity index (χ3n) is 6.16. The molecule has 1 saturated heterocycles. The van der Waals surface area contributed by atoms with Crippen molar-refractivity contribution in [1.82, 2.24) is 9.88 Å². The second-order valence-corrected chi connectivity index (χ2v) is 7.97. The minimum Gasteiger partial charge on any atom is -0.497 e. The maximum absolute atomic E-state index is 10.2. The molecule has 0 radical (unpaired) electrons. The van der Waals surface area contributed by atoms with Crippen LogP contribution in [-0.2, 0) is 13.0 Å². The van der Waals surface area contributed by atoms with Gasteiger partial charge in [0.1, 0.15) is 5.75 Å². The molecule has 0 amide bonds. The number of hydrogen-bond donors (Lipinski definition) is 1. The summed E-state index contributed by atoms with van der Waals surface area (Å²) in [4.78, 5) is 6.74. The van der Waals surface area contributed by atoms with Crippen LogP contribution in [0.2, 0.25) is 0 Å². The maximum atomic E-state index is 10.2. The van der Waals surface area contributed by atoms with Gasteiger partial charge in [0.15, 0.2) is 0 Å². The molecule has 0 unspecified atom stereocenters. The van der Waals surface area contributed by atoms with Crippen molar-refractivity contribution in [2.24, 2.45) is 5.41 Å². The third kappa shape index (κ3) is 4.03. The molecule has 2 aromatic carbocycles. The van der Waals surface area contributed by atoms with E-state index >= 15 is 0 Å². The van der Waals surface area contributed by atoms with Crippen LogP contribution >= 0.6 is 0 Å². The van der Waals surface area contributed by atoms with Crippen LogP contribution in [0, 0.1) is 5.41 Å². The fourth-order valence-electron chi connectivity index (χ4n) is 4.32. The molecule has 2 heterocycles. The van der Waals surface area contributed by atoms with E-state index in [1.165, 1.54) is 21.9 Å². The van der Waals surface area contributed by atoms with Crippen molar-refractivity contribution in [2.45, 2.75) is 25.8 Å². The average molecular weight is 377 g/mol. The van der Waals surface area contributed by atoms with Gasteiger partial charge in [-0.2, -0.15) is 0 Å². The lowest BCUT2D eigenvalue weighted by atomic mass is 9.74. The summed E-state index contributed by atoms with van der Waals surface area (Å²) in [5.41, 5.74) is 2.60. The number of likely N-dealkylation sites (tertiary alicyclic amines) is 1.